The Bertz CT molecular complexity index is 349. The van der Waals surface area contributed by atoms with Gasteiger partial charge in [-0.25, -0.2) is 4.39 Å². The van der Waals surface area contributed by atoms with Crippen LogP contribution in [0.1, 0.15) is 24.8 Å². The molecule has 0 nitrogen and oxygen atoms in total. The smallest absolute Gasteiger partial charge is 0.123 e. The molecule has 1 aromatic carbocycles. The van der Waals surface area contributed by atoms with E-state index in [1.165, 1.54) is 25.0 Å². The summed E-state index contributed by atoms with van der Waals surface area (Å²) in [5, 5.41) is 0.673. The lowest BCUT2D eigenvalue weighted by Crippen LogP contribution is -2.02. The van der Waals surface area contributed by atoms with E-state index in [1.807, 2.05) is 0 Å². The van der Waals surface area contributed by atoms with Gasteiger partial charge in [0.05, 0.1) is 0 Å². The van der Waals surface area contributed by atoms with Gasteiger partial charge in [-0.15, -0.1) is 0 Å². The molecule has 3 heteroatoms. The minimum absolute atomic E-state index is 0.202. The van der Waals surface area contributed by atoms with E-state index in [-0.39, 0.29) is 5.82 Å². The van der Waals surface area contributed by atoms with Crippen molar-refractivity contribution in [2.75, 3.05) is 0 Å². The number of hydrogen-bond acceptors (Lipinski definition) is 0. The zero-order valence-corrected chi connectivity index (χ0v) is 10.7. The van der Waals surface area contributed by atoms with E-state index in [0.29, 0.717) is 9.85 Å². The highest BCUT2D eigenvalue weighted by molar-refractivity contribution is 9.09. The summed E-state index contributed by atoms with van der Waals surface area (Å²) in [6, 6.07) is 4.57. The normalized spacial score (nSPS) is 17.8. The van der Waals surface area contributed by atoms with Gasteiger partial charge < -0.3 is 0 Å². The van der Waals surface area contributed by atoms with Gasteiger partial charge in [0, 0.05) is 9.85 Å². The lowest BCUT2D eigenvalue weighted by atomic mass is 10.1. The molecule has 0 spiro atoms. The predicted octanol–water partition coefficient (Wildman–Crippen LogP) is 4.59. The van der Waals surface area contributed by atoms with Gasteiger partial charge in [-0.3, -0.25) is 0 Å². The standard InChI is InChI=1S/C12H13BrClF/c13-11(8-1-2-8)5-3-9-7-10(15)4-6-12(9)14/h4,6-8,11H,1-3,5H2. The summed E-state index contributed by atoms with van der Waals surface area (Å²) in [7, 11) is 0. The van der Waals surface area contributed by atoms with Crippen LogP contribution in [0, 0.1) is 11.7 Å². The van der Waals surface area contributed by atoms with Crippen LogP contribution < -0.4 is 0 Å². The van der Waals surface area contributed by atoms with Crippen molar-refractivity contribution < 1.29 is 4.39 Å². The van der Waals surface area contributed by atoms with Crippen LogP contribution in [0.25, 0.3) is 0 Å². The van der Waals surface area contributed by atoms with Crippen LogP contribution in [0.2, 0.25) is 5.02 Å². The molecule has 82 valence electrons. The lowest BCUT2D eigenvalue weighted by Gasteiger charge is -2.09. The predicted molar refractivity (Wildman–Crippen MR) is 65.2 cm³/mol. The molecule has 1 fully saturated rings. The molecule has 0 amide bonds. The van der Waals surface area contributed by atoms with E-state index in [0.717, 1.165) is 24.3 Å². The molecular weight excluding hydrogens is 278 g/mol. The molecule has 2 rings (SSSR count). The number of rotatable bonds is 4. The zero-order valence-electron chi connectivity index (χ0n) is 8.35. The first-order valence-corrected chi connectivity index (χ1v) is 6.54. The fourth-order valence-electron chi connectivity index (χ4n) is 1.72. The third-order valence-electron chi connectivity index (χ3n) is 2.83. The van der Waals surface area contributed by atoms with Crippen LogP contribution in [0.15, 0.2) is 18.2 Å². The highest BCUT2D eigenvalue weighted by Crippen LogP contribution is 2.38. The second-order valence-corrected chi connectivity index (χ2v) is 5.71. The molecule has 1 aliphatic carbocycles. The van der Waals surface area contributed by atoms with Gasteiger partial charge in [-0.2, -0.15) is 0 Å². The monoisotopic (exact) mass is 290 g/mol. The molecule has 0 N–H and O–H groups in total. The van der Waals surface area contributed by atoms with E-state index in [9.17, 15) is 4.39 Å². The number of halogens is 3. The van der Waals surface area contributed by atoms with Gasteiger partial charge >= 0.3 is 0 Å². The molecule has 1 aliphatic rings. The van der Waals surface area contributed by atoms with E-state index in [2.05, 4.69) is 15.9 Å². The molecule has 0 bridgehead atoms. The Hall–Kier alpha value is -0.0800. The van der Waals surface area contributed by atoms with Gasteiger partial charge in [0.25, 0.3) is 0 Å². The van der Waals surface area contributed by atoms with E-state index in [4.69, 9.17) is 11.6 Å². The van der Waals surface area contributed by atoms with Crippen molar-refractivity contribution in [1.29, 1.82) is 0 Å². The van der Waals surface area contributed by atoms with E-state index < -0.39 is 0 Å². The molecule has 0 radical (unpaired) electrons. The third kappa shape index (κ3) is 3.18. The average Bonchev–Trinajstić information content (AvgIpc) is 3.02. The maximum absolute atomic E-state index is 13.0. The molecule has 0 aromatic heterocycles. The summed E-state index contributed by atoms with van der Waals surface area (Å²) in [6.45, 7) is 0. The van der Waals surface area contributed by atoms with Crippen LogP contribution in [0.3, 0.4) is 0 Å². The highest BCUT2D eigenvalue weighted by Gasteiger charge is 2.28. The van der Waals surface area contributed by atoms with Gasteiger partial charge in [-0.1, -0.05) is 27.5 Å². The zero-order chi connectivity index (χ0) is 10.8. The number of aryl methyl sites for hydroxylation is 1. The van der Waals surface area contributed by atoms with Crippen molar-refractivity contribution in [3.05, 3.63) is 34.6 Å². The van der Waals surface area contributed by atoms with Crippen molar-refractivity contribution in [3.63, 3.8) is 0 Å². The minimum atomic E-state index is -0.202. The van der Waals surface area contributed by atoms with Crippen LogP contribution in [0.5, 0.6) is 0 Å². The molecule has 1 aromatic rings. The van der Waals surface area contributed by atoms with Gasteiger partial charge in [0.1, 0.15) is 5.82 Å². The lowest BCUT2D eigenvalue weighted by molar-refractivity contribution is 0.622. The molecule has 1 saturated carbocycles. The molecular formula is C12H13BrClF. The Labute approximate surface area is 103 Å². The van der Waals surface area contributed by atoms with E-state index in [1.54, 1.807) is 6.07 Å². The molecule has 1 atom stereocenters. The Morgan fingerprint density at radius 1 is 1.47 bits per heavy atom. The summed E-state index contributed by atoms with van der Waals surface area (Å²) >= 11 is 9.66. The minimum Gasteiger partial charge on any atom is -0.207 e. The van der Waals surface area contributed by atoms with Gasteiger partial charge in [0.2, 0.25) is 0 Å². The molecule has 1 unspecified atom stereocenters. The van der Waals surface area contributed by atoms with Crippen molar-refractivity contribution in [2.24, 2.45) is 5.92 Å². The molecule has 15 heavy (non-hydrogen) atoms. The Morgan fingerprint density at radius 3 is 2.87 bits per heavy atom. The molecule has 0 saturated heterocycles. The summed E-state index contributed by atoms with van der Waals surface area (Å²) in [4.78, 5) is 0.567. The summed E-state index contributed by atoms with van der Waals surface area (Å²) in [5.74, 6) is 0.629. The Balaban J connectivity index is 1.94. The van der Waals surface area contributed by atoms with Crippen LogP contribution in [-0.4, -0.2) is 4.83 Å². The molecule has 0 heterocycles. The van der Waals surface area contributed by atoms with Crippen LogP contribution in [-0.2, 0) is 6.42 Å². The fraction of sp³-hybridized carbons (Fsp3) is 0.500. The molecule has 0 aliphatic heterocycles. The number of hydrogen-bond donors (Lipinski definition) is 0. The first-order chi connectivity index (χ1) is 7.16. The Kier molecular flexibility index (Phi) is 3.68. The second-order valence-electron chi connectivity index (χ2n) is 4.13. The van der Waals surface area contributed by atoms with Crippen molar-refractivity contribution in [3.8, 4) is 0 Å². The maximum Gasteiger partial charge on any atom is 0.123 e. The first kappa shape index (κ1) is 11.4. The largest absolute Gasteiger partial charge is 0.207 e. The van der Waals surface area contributed by atoms with Crippen molar-refractivity contribution in [2.45, 2.75) is 30.5 Å². The van der Waals surface area contributed by atoms with Crippen molar-refractivity contribution >= 4 is 27.5 Å². The summed E-state index contributed by atoms with van der Waals surface area (Å²) < 4.78 is 13.0. The average molecular weight is 292 g/mol. The number of benzene rings is 1. The van der Waals surface area contributed by atoms with Crippen LogP contribution in [0.4, 0.5) is 4.39 Å². The topological polar surface area (TPSA) is 0 Å². The first-order valence-electron chi connectivity index (χ1n) is 5.25. The maximum atomic E-state index is 13.0. The third-order valence-corrected chi connectivity index (χ3v) is 4.40. The van der Waals surface area contributed by atoms with Crippen molar-refractivity contribution in [1.82, 2.24) is 0 Å². The summed E-state index contributed by atoms with van der Waals surface area (Å²) in [5.41, 5.74) is 0.918. The van der Waals surface area contributed by atoms with E-state index >= 15 is 0 Å². The SMILES string of the molecule is Fc1ccc(Cl)c(CCC(Br)C2CC2)c1. The quantitative estimate of drug-likeness (QED) is 0.712. The number of alkyl halides is 1. The fourth-order valence-corrected chi connectivity index (χ4v) is 2.69. The van der Waals surface area contributed by atoms with Gasteiger partial charge in [0.15, 0.2) is 0 Å². The van der Waals surface area contributed by atoms with Gasteiger partial charge in [-0.05, 0) is 55.4 Å². The van der Waals surface area contributed by atoms with Crippen LogP contribution >= 0.6 is 27.5 Å². The second kappa shape index (κ2) is 4.84. The highest BCUT2D eigenvalue weighted by atomic mass is 79.9. The summed E-state index contributed by atoms with van der Waals surface area (Å²) in [6.07, 6.45) is 4.54. The Morgan fingerprint density at radius 2 is 2.20 bits per heavy atom.